The van der Waals surface area contributed by atoms with E-state index in [1.807, 2.05) is 24.4 Å². The molecule has 7 heteroatoms. The van der Waals surface area contributed by atoms with Crippen molar-refractivity contribution in [2.45, 2.75) is 27.2 Å². The van der Waals surface area contributed by atoms with Crippen LogP contribution in [0.2, 0.25) is 0 Å². The summed E-state index contributed by atoms with van der Waals surface area (Å²) in [4.78, 5) is 27.2. The van der Waals surface area contributed by atoms with E-state index in [1.165, 1.54) is 18.3 Å². The van der Waals surface area contributed by atoms with E-state index in [0.717, 1.165) is 16.3 Å². The molecule has 0 aliphatic rings. The van der Waals surface area contributed by atoms with Crippen molar-refractivity contribution < 1.29 is 9.59 Å². The lowest BCUT2D eigenvalue weighted by Gasteiger charge is -2.06. The predicted molar refractivity (Wildman–Crippen MR) is 91.7 cm³/mol. The molecule has 0 bridgehead atoms. The molecule has 2 N–H and O–H groups in total. The Balaban J connectivity index is 1.99. The number of hydrogen-bond acceptors (Lipinski definition) is 5. The minimum atomic E-state index is -0.211. The molecule has 0 fully saturated rings. The molecule has 2 rings (SSSR count). The van der Waals surface area contributed by atoms with Gasteiger partial charge in [-0.05, 0) is 31.5 Å². The molecule has 2 aromatic rings. The third kappa shape index (κ3) is 5.30. The number of nitrogens with zero attached hydrogens (tertiary/aromatic N) is 2. The van der Waals surface area contributed by atoms with Gasteiger partial charge in [-0.2, -0.15) is 5.10 Å². The first kappa shape index (κ1) is 16.8. The van der Waals surface area contributed by atoms with Crippen LogP contribution in [-0.4, -0.2) is 22.5 Å². The second-order valence-corrected chi connectivity index (χ2v) is 6.00. The van der Waals surface area contributed by atoms with Gasteiger partial charge in [0, 0.05) is 23.7 Å². The molecule has 0 unspecified atom stereocenters. The van der Waals surface area contributed by atoms with Crippen LogP contribution < -0.4 is 10.7 Å². The SMILES string of the molecule is CC(=O)Nc1cccc(/C(C)=N\NC(=O)Cc2nc(C)cs2)c1. The Morgan fingerprint density at radius 1 is 1.30 bits per heavy atom. The van der Waals surface area contributed by atoms with E-state index in [4.69, 9.17) is 0 Å². The maximum atomic E-state index is 11.9. The molecule has 6 nitrogen and oxygen atoms in total. The fourth-order valence-electron chi connectivity index (χ4n) is 1.90. The Bertz CT molecular complexity index is 752. The molecule has 0 aliphatic carbocycles. The van der Waals surface area contributed by atoms with Crippen LogP contribution >= 0.6 is 11.3 Å². The van der Waals surface area contributed by atoms with Crippen LogP contribution in [0.25, 0.3) is 0 Å². The van der Waals surface area contributed by atoms with Gasteiger partial charge in [-0.15, -0.1) is 11.3 Å². The van der Waals surface area contributed by atoms with Crippen LogP contribution in [0, 0.1) is 6.92 Å². The normalized spacial score (nSPS) is 11.2. The van der Waals surface area contributed by atoms with Crippen LogP contribution in [-0.2, 0) is 16.0 Å². The van der Waals surface area contributed by atoms with Crippen LogP contribution in [0.4, 0.5) is 5.69 Å². The molecule has 0 atom stereocenters. The number of thiazole rings is 1. The molecular formula is C16H18N4O2S. The smallest absolute Gasteiger partial charge is 0.246 e. The van der Waals surface area contributed by atoms with Crippen molar-refractivity contribution in [3.8, 4) is 0 Å². The molecule has 0 spiro atoms. The molecule has 0 saturated carbocycles. The van der Waals surface area contributed by atoms with E-state index >= 15 is 0 Å². The first-order valence-corrected chi connectivity index (χ1v) is 7.94. The van der Waals surface area contributed by atoms with Crippen molar-refractivity contribution in [2.24, 2.45) is 5.10 Å². The first-order chi connectivity index (χ1) is 10.9. The summed E-state index contributed by atoms with van der Waals surface area (Å²) in [5.74, 6) is -0.347. The highest BCUT2D eigenvalue weighted by Crippen LogP contribution is 2.12. The monoisotopic (exact) mass is 330 g/mol. The average molecular weight is 330 g/mol. The van der Waals surface area contributed by atoms with E-state index in [9.17, 15) is 9.59 Å². The zero-order valence-corrected chi connectivity index (χ0v) is 14.0. The van der Waals surface area contributed by atoms with Crippen LogP contribution in [0.5, 0.6) is 0 Å². The van der Waals surface area contributed by atoms with E-state index in [0.29, 0.717) is 11.4 Å². The van der Waals surface area contributed by atoms with Crippen molar-refractivity contribution in [1.82, 2.24) is 10.4 Å². The Hall–Kier alpha value is -2.54. The molecule has 0 saturated heterocycles. The topological polar surface area (TPSA) is 83.5 Å². The second kappa shape index (κ2) is 7.64. The van der Waals surface area contributed by atoms with Crippen molar-refractivity contribution in [1.29, 1.82) is 0 Å². The second-order valence-electron chi connectivity index (χ2n) is 5.05. The zero-order valence-electron chi connectivity index (χ0n) is 13.2. The highest BCUT2D eigenvalue weighted by molar-refractivity contribution is 7.09. The standard InChI is InChI=1S/C16H18N4O2S/c1-10-9-23-16(17-10)8-15(22)20-19-11(2)13-5-4-6-14(7-13)18-12(3)21/h4-7,9H,8H2,1-3H3,(H,18,21)(H,20,22)/b19-11-. The molecule has 1 heterocycles. The molecule has 0 aliphatic heterocycles. The minimum absolute atomic E-state index is 0.135. The van der Waals surface area contributed by atoms with Gasteiger partial charge in [-0.1, -0.05) is 12.1 Å². The highest BCUT2D eigenvalue weighted by Gasteiger charge is 2.07. The number of benzene rings is 1. The molecule has 0 radical (unpaired) electrons. The largest absolute Gasteiger partial charge is 0.326 e. The molecule has 2 amide bonds. The molecule has 23 heavy (non-hydrogen) atoms. The quantitative estimate of drug-likeness (QED) is 0.652. The van der Waals surface area contributed by atoms with Crippen molar-refractivity contribution >= 4 is 34.6 Å². The number of hydrogen-bond donors (Lipinski definition) is 2. The number of rotatable bonds is 5. The lowest BCUT2D eigenvalue weighted by atomic mass is 10.1. The molecule has 120 valence electrons. The van der Waals surface area contributed by atoms with E-state index in [2.05, 4.69) is 20.8 Å². The van der Waals surface area contributed by atoms with Gasteiger partial charge in [0.2, 0.25) is 11.8 Å². The van der Waals surface area contributed by atoms with E-state index < -0.39 is 0 Å². The molecule has 1 aromatic carbocycles. The number of amides is 2. The number of nitrogens with one attached hydrogen (secondary N) is 2. The summed E-state index contributed by atoms with van der Waals surface area (Å²) < 4.78 is 0. The van der Waals surface area contributed by atoms with Gasteiger partial charge in [-0.25, -0.2) is 10.4 Å². The average Bonchev–Trinajstić information content (AvgIpc) is 2.89. The van der Waals surface area contributed by atoms with Gasteiger partial charge in [0.1, 0.15) is 5.01 Å². The van der Waals surface area contributed by atoms with Gasteiger partial charge < -0.3 is 5.32 Å². The Kier molecular flexibility index (Phi) is 5.59. The number of carbonyl (C=O) groups excluding carboxylic acids is 2. The van der Waals surface area contributed by atoms with Gasteiger partial charge in [0.25, 0.3) is 0 Å². The van der Waals surface area contributed by atoms with Crippen molar-refractivity contribution in [3.05, 3.63) is 45.9 Å². The number of aryl methyl sites for hydroxylation is 1. The summed E-state index contributed by atoms with van der Waals surface area (Å²) in [7, 11) is 0. The maximum Gasteiger partial charge on any atom is 0.246 e. The van der Waals surface area contributed by atoms with Gasteiger partial charge in [0.15, 0.2) is 0 Å². The summed E-state index contributed by atoms with van der Waals surface area (Å²) >= 11 is 1.46. The van der Waals surface area contributed by atoms with Gasteiger partial charge in [-0.3, -0.25) is 9.59 Å². The fourth-order valence-corrected chi connectivity index (χ4v) is 2.67. The summed E-state index contributed by atoms with van der Waals surface area (Å²) in [6.45, 7) is 5.14. The lowest BCUT2D eigenvalue weighted by Crippen LogP contribution is -2.21. The summed E-state index contributed by atoms with van der Waals surface area (Å²) in [5, 5.41) is 9.48. The third-order valence-corrected chi connectivity index (χ3v) is 3.89. The Morgan fingerprint density at radius 3 is 2.74 bits per heavy atom. The summed E-state index contributed by atoms with van der Waals surface area (Å²) in [6.07, 6.45) is 0.210. The first-order valence-electron chi connectivity index (χ1n) is 7.06. The van der Waals surface area contributed by atoms with Gasteiger partial charge >= 0.3 is 0 Å². The number of carbonyl (C=O) groups is 2. The highest BCUT2D eigenvalue weighted by atomic mass is 32.1. The fraction of sp³-hybridized carbons (Fsp3) is 0.250. The lowest BCUT2D eigenvalue weighted by molar-refractivity contribution is -0.120. The van der Waals surface area contributed by atoms with Crippen molar-refractivity contribution in [3.63, 3.8) is 0 Å². The van der Waals surface area contributed by atoms with Crippen LogP contribution in [0.3, 0.4) is 0 Å². The third-order valence-electron chi connectivity index (χ3n) is 2.93. The van der Waals surface area contributed by atoms with Crippen LogP contribution in [0.1, 0.15) is 30.1 Å². The summed E-state index contributed by atoms with van der Waals surface area (Å²) in [5.41, 5.74) is 5.60. The molecule has 1 aromatic heterocycles. The van der Waals surface area contributed by atoms with E-state index in [1.54, 1.807) is 19.1 Å². The predicted octanol–water partition coefficient (Wildman–Crippen LogP) is 2.49. The number of hydrazone groups is 1. The van der Waals surface area contributed by atoms with E-state index in [-0.39, 0.29) is 18.2 Å². The maximum absolute atomic E-state index is 11.9. The Morgan fingerprint density at radius 2 is 2.09 bits per heavy atom. The zero-order chi connectivity index (χ0) is 16.8. The Labute approximate surface area is 138 Å². The van der Waals surface area contributed by atoms with Crippen LogP contribution in [0.15, 0.2) is 34.7 Å². The number of anilines is 1. The van der Waals surface area contributed by atoms with Gasteiger partial charge in [0.05, 0.1) is 12.1 Å². The summed E-state index contributed by atoms with van der Waals surface area (Å²) in [6, 6.07) is 7.28. The molecular weight excluding hydrogens is 312 g/mol. The number of aromatic nitrogens is 1. The van der Waals surface area contributed by atoms with Crippen molar-refractivity contribution in [2.75, 3.05) is 5.32 Å². The minimum Gasteiger partial charge on any atom is -0.326 e.